The Kier molecular flexibility index (Phi) is 6.15. The Hall–Kier alpha value is -3.37. The highest BCUT2D eigenvalue weighted by molar-refractivity contribution is 7.81. The summed E-state index contributed by atoms with van der Waals surface area (Å²) in [4.78, 5) is 25.5. The predicted molar refractivity (Wildman–Crippen MR) is 124 cm³/mol. The second kappa shape index (κ2) is 9.01. The first kappa shape index (κ1) is 21.8. The number of ether oxygens (including phenoxy) is 2. The minimum atomic E-state index is -3.33. The van der Waals surface area contributed by atoms with Gasteiger partial charge in [0.25, 0.3) is 5.91 Å². The maximum absolute atomic E-state index is 14.5. The van der Waals surface area contributed by atoms with Crippen LogP contribution >= 0.6 is 7.14 Å². The molecule has 32 heavy (non-hydrogen) atoms. The molecule has 3 aromatic rings. The minimum Gasteiger partial charge on any atom is -0.497 e. The molecule has 3 aromatic carbocycles. The molecule has 1 N–H and O–H groups in total. The van der Waals surface area contributed by atoms with Crippen molar-refractivity contribution in [1.82, 2.24) is 0 Å². The Labute approximate surface area is 186 Å². The lowest BCUT2D eigenvalue weighted by atomic mass is 10.3. The molecule has 164 valence electrons. The van der Waals surface area contributed by atoms with Crippen LogP contribution in [0.4, 0.5) is 5.69 Å². The lowest BCUT2D eigenvalue weighted by molar-refractivity contribution is -0.147. The maximum Gasteiger partial charge on any atom is 0.320 e. The maximum atomic E-state index is 14.5. The molecule has 0 radical (unpaired) electrons. The molecule has 0 bridgehead atoms. The third-order valence-electron chi connectivity index (χ3n) is 5.65. The molecule has 1 amide bonds. The van der Waals surface area contributed by atoms with Crippen LogP contribution in [0.15, 0.2) is 84.9 Å². The minimum absolute atomic E-state index is 0.448. The normalized spacial score (nSPS) is 14.3. The van der Waals surface area contributed by atoms with Gasteiger partial charge in [-0.3, -0.25) is 9.59 Å². The first-order valence-corrected chi connectivity index (χ1v) is 12.0. The van der Waals surface area contributed by atoms with Crippen LogP contribution in [0.1, 0.15) is 12.8 Å². The number of carbonyl (C=O) groups is 2. The average molecular weight is 449 g/mol. The van der Waals surface area contributed by atoms with Gasteiger partial charge in [-0.15, -0.1) is 0 Å². The van der Waals surface area contributed by atoms with Crippen LogP contribution in [0.5, 0.6) is 5.75 Å². The predicted octanol–water partition coefficient (Wildman–Crippen LogP) is 3.72. The van der Waals surface area contributed by atoms with Crippen molar-refractivity contribution in [3.05, 3.63) is 84.9 Å². The monoisotopic (exact) mass is 449 g/mol. The van der Waals surface area contributed by atoms with Crippen LogP contribution in [0.3, 0.4) is 0 Å². The number of hydrogen-bond donors (Lipinski definition) is 1. The number of carbonyl (C=O) groups excluding carboxylic acids is 2. The summed E-state index contributed by atoms with van der Waals surface area (Å²) in [6, 6.07) is 24.9. The Morgan fingerprint density at radius 1 is 0.875 bits per heavy atom. The number of esters is 1. The number of nitrogens with one attached hydrogen (secondary N) is 1. The Balaban J connectivity index is 1.51. The molecule has 0 spiro atoms. The fraction of sp³-hybridized carbons (Fsp3) is 0.200. The summed E-state index contributed by atoms with van der Waals surface area (Å²) < 4.78 is 25.0. The SMILES string of the molecule is COc1ccc(NC(=O)COC(=O)C2(P(=O)(c3ccccc3)c3ccccc3)CC2)cc1. The van der Waals surface area contributed by atoms with E-state index in [1.54, 1.807) is 55.6 Å². The van der Waals surface area contributed by atoms with Crippen LogP contribution < -0.4 is 20.7 Å². The van der Waals surface area contributed by atoms with Crippen molar-refractivity contribution in [2.24, 2.45) is 0 Å². The van der Waals surface area contributed by atoms with Crippen LogP contribution in [-0.2, 0) is 18.9 Å². The lowest BCUT2D eigenvalue weighted by Gasteiger charge is -2.27. The summed E-state index contributed by atoms with van der Waals surface area (Å²) >= 11 is 0. The molecule has 0 unspecified atom stereocenters. The van der Waals surface area contributed by atoms with Gasteiger partial charge in [0, 0.05) is 16.3 Å². The third kappa shape index (κ3) is 4.06. The first-order valence-electron chi connectivity index (χ1n) is 10.3. The quantitative estimate of drug-likeness (QED) is 0.419. The van der Waals surface area contributed by atoms with E-state index in [4.69, 9.17) is 9.47 Å². The van der Waals surface area contributed by atoms with Crippen LogP contribution in [0.2, 0.25) is 0 Å². The van der Waals surface area contributed by atoms with Gasteiger partial charge >= 0.3 is 5.97 Å². The van der Waals surface area contributed by atoms with Gasteiger partial charge in [0.15, 0.2) is 13.7 Å². The lowest BCUT2D eigenvalue weighted by Crippen LogP contribution is -2.36. The zero-order valence-electron chi connectivity index (χ0n) is 17.7. The Morgan fingerprint density at radius 3 is 1.88 bits per heavy atom. The topological polar surface area (TPSA) is 81.7 Å². The van der Waals surface area contributed by atoms with E-state index in [1.807, 2.05) is 36.4 Å². The van der Waals surface area contributed by atoms with Gasteiger partial charge in [0.05, 0.1) is 7.11 Å². The van der Waals surface area contributed by atoms with Crippen molar-refractivity contribution in [1.29, 1.82) is 0 Å². The fourth-order valence-electron chi connectivity index (χ4n) is 3.82. The molecular formula is C25H24NO5P. The number of methoxy groups -OCH3 is 1. The molecule has 1 saturated carbocycles. The molecule has 1 fully saturated rings. The van der Waals surface area contributed by atoms with Gasteiger partial charge < -0.3 is 19.4 Å². The number of rotatable bonds is 8. The molecule has 0 aliphatic heterocycles. The molecule has 1 aliphatic carbocycles. The van der Waals surface area contributed by atoms with Crippen molar-refractivity contribution < 1.29 is 23.6 Å². The largest absolute Gasteiger partial charge is 0.497 e. The Morgan fingerprint density at radius 2 is 1.41 bits per heavy atom. The number of anilines is 1. The van der Waals surface area contributed by atoms with E-state index < -0.39 is 30.8 Å². The van der Waals surface area contributed by atoms with Gasteiger partial charge in [-0.05, 0) is 37.1 Å². The highest BCUT2D eigenvalue weighted by Gasteiger charge is 2.65. The number of benzene rings is 3. The van der Waals surface area contributed by atoms with E-state index in [1.165, 1.54) is 0 Å². The third-order valence-corrected chi connectivity index (χ3v) is 9.54. The molecule has 0 saturated heterocycles. The summed E-state index contributed by atoms with van der Waals surface area (Å²) in [7, 11) is -1.77. The van der Waals surface area contributed by atoms with E-state index >= 15 is 0 Å². The summed E-state index contributed by atoms with van der Waals surface area (Å²) in [5.41, 5.74) is 0.562. The fourth-order valence-corrected chi connectivity index (χ4v) is 7.36. The first-order chi connectivity index (χ1) is 15.5. The van der Waals surface area contributed by atoms with Crippen LogP contribution in [0, 0.1) is 0 Å². The van der Waals surface area contributed by atoms with Crippen LogP contribution in [-0.4, -0.2) is 30.7 Å². The van der Waals surface area contributed by atoms with E-state index in [0.29, 0.717) is 34.9 Å². The zero-order valence-corrected chi connectivity index (χ0v) is 18.6. The molecule has 1 aliphatic rings. The molecule has 0 heterocycles. The van der Waals surface area contributed by atoms with E-state index in [2.05, 4.69) is 5.32 Å². The molecule has 7 heteroatoms. The highest BCUT2D eigenvalue weighted by atomic mass is 31.2. The zero-order chi connectivity index (χ0) is 22.6. The summed E-state index contributed by atoms with van der Waals surface area (Å²) in [6.45, 7) is -0.448. The Bertz CT molecular complexity index is 1100. The van der Waals surface area contributed by atoms with Crippen molar-refractivity contribution in [3.63, 3.8) is 0 Å². The van der Waals surface area contributed by atoms with Crippen molar-refractivity contribution in [2.45, 2.75) is 18.0 Å². The molecule has 0 aromatic heterocycles. The van der Waals surface area contributed by atoms with Gasteiger partial charge in [-0.25, -0.2) is 0 Å². The van der Waals surface area contributed by atoms with Gasteiger partial charge in [0.2, 0.25) is 0 Å². The van der Waals surface area contributed by atoms with E-state index in [-0.39, 0.29) is 0 Å². The molecule has 0 atom stereocenters. The summed E-state index contributed by atoms with van der Waals surface area (Å²) in [6.07, 6.45) is 0.903. The number of hydrogen-bond acceptors (Lipinski definition) is 5. The van der Waals surface area contributed by atoms with E-state index in [9.17, 15) is 14.2 Å². The molecule has 6 nitrogen and oxygen atoms in total. The summed E-state index contributed by atoms with van der Waals surface area (Å²) in [5, 5.41) is 2.77. The number of amides is 1. The standard InChI is InChI=1S/C25H24NO5P/c1-30-20-14-12-19(13-15-20)26-23(27)18-31-24(28)25(16-17-25)32(29,21-8-4-2-5-9-21)22-10-6-3-7-11-22/h2-15H,16-18H2,1H3,(H,26,27). The molecular weight excluding hydrogens is 425 g/mol. The van der Waals surface area contributed by atoms with E-state index in [0.717, 1.165) is 0 Å². The average Bonchev–Trinajstić information content (AvgIpc) is 3.66. The van der Waals surface area contributed by atoms with Crippen molar-refractivity contribution >= 4 is 35.3 Å². The van der Waals surface area contributed by atoms with Gasteiger partial charge in [0.1, 0.15) is 10.9 Å². The second-order valence-corrected chi connectivity index (χ2v) is 10.8. The highest BCUT2D eigenvalue weighted by Crippen LogP contribution is 2.68. The van der Waals surface area contributed by atoms with Crippen LogP contribution in [0.25, 0.3) is 0 Å². The smallest absolute Gasteiger partial charge is 0.320 e. The van der Waals surface area contributed by atoms with Gasteiger partial charge in [-0.1, -0.05) is 60.7 Å². The summed E-state index contributed by atoms with van der Waals surface area (Å²) in [5.74, 6) is -0.394. The van der Waals surface area contributed by atoms with Crippen molar-refractivity contribution in [3.8, 4) is 5.75 Å². The molecule has 4 rings (SSSR count). The second-order valence-electron chi connectivity index (χ2n) is 7.66. The van der Waals surface area contributed by atoms with Gasteiger partial charge in [-0.2, -0.15) is 0 Å². The van der Waals surface area contributed by atoms with Crippen molar-refractivity contribution in [2.75, 3.05) is 19.0 Å².